The van der Waals surface area contributed by atoms with Crippen LogP contribution in [0.2, 0.25) is 0 Å². The molecule has 0 unspecified atom stereocenters. The van der Waals surface area contributed by atoms with Crippen molar-refractivity contribution in [2.24, 2.45) is 0 Å². The smallest absolute Gasteiger partial charge is 0.339 e. The van der Waals surface area contributed by atoms with Crippen molar-refractivity contribution in [2.45, 2.75) is 18.8 Å². The first-order valence-electron chi connectivity index (χ1n) is 12.5. The highest BCUT2D eigenvalue weighted by molar-refractivity contribution is 6.06. The van der Waals surface area contributed by atoms with Crippen LogP contribution in [0.25, 0.3) is 32.8 Å². The number of nitrogens with zero attached hydrogens (tertiary/aromatic N) is 2. The number of benzene rings is 3. The Kier molecular flexibility index (Phi) is 6.51. The molecule has 204 valence electrons. The molecule has 1 aliphatic rings. The van der Waals surface area contributed by atoms with Crippen molar-refractivity contribution in [1.82, 2.24) is 15.2 Å². The van der Waals surface area contributed by atoms with Gasteiger partial charge in [0.15, 0.2) is 23.1 Å². The summed E-state index contributed by atoms with van der Waals surface area (Å²) in [6.45, 7) is 0.974. The second-order valence-corrected chi connectivity index (χ2v) is 9.41. The van der Waals surface area contributed by atoms with E-state index >= 15 is 4.39 Å². The number of H-pyrrole nitrogens is 1. The molecule has 3 heterocycles. The largest absolute Gasteiger partial charge is 0.493 e. The highest BCUT2D eigenvalue weighted by Crippen LogP contribution is 2.44. The Morgan fingerprint density at radius 1 is 1.05 bits per heavy atom. The molecule has 0 amide bonds. The van der Waals surface area contributed by atoms with Gasteiger partial charge in [0.1, 0.15) is 5.56 Å². The van der Waals surface area contributed by atoms with Gasteiger partial charge in [-0.15, -0.1) is 0 Å². The number of carboxylic acids is 1. The van der Waals surface area contributed by atoms with Gasteiger partial charge in [-0.3, -0.25) is 5.10 Å². The van der Waals surface area contributed by atoms with E-state index in [-0.39, 0.29) is 23.1 Å². The number of aromatic carboxylic acids is 1. The van der Waals surface area contributed by atoms with Gasteiger partial charge in [-0.1, -0.05) is 6.07 Å². The van der Waals surface area contributed by atoms with Gasteiger partial charge in [-0.2, -0.15) is 9.49 Å². The van der Waals surface area contributed by atoms with Gasteiger partial charge in [-0.05, 0) is 60.2 Å². The number of hydrogen-bond acceptors (Lipinski definition) is 6. The number of aromatic nitrogens is 3. The van der Waals surface area contributed by atoms with E-state index in [0.717, 1.165) is 24.6 Å². The molecular weight excluding hydrogens is 527 g/mol. The van der Waals surface area contributed by atoms with Gasteiger partial charge in [0.05, 0.1) is 24.5 Å². The van der Waals surface area contributed by atoms with Crippen LogP contribution in [0.3, 0.4) is 0 Å². The average Bonchev–Trinajstić information content (AvgIpc) is 3.42. The fourth-order valence-electron chi connectivity index (χ4n) is 5.13. The topological polar surface area (TPSA) is 107 Å². The second kappa shape index (κ2) is 10.2. The number of carboxylic acid groups (broad SMARTS) is 1. The first-order chi connectivity index (χ1) is 19.4. The second-order valence-electron chi connectivity index (χ2n) is 9.41. The van der Waals surface area contributed by atoms with Crippen LogP contribution in [0.4, 0.5) is 13.2 Å². The van der Waals surface area contributed by atoms with E-state index in [4.69, 9.17) is 19.2 Å². The standard InChI is InChI=1S/C29H22F3N3O5/c1-38-27-17(29(36)37)3-5-23(25(27)32)40-28-19-12-22-16(13-33-35-22)10-18(19)24(15-2-4-20(30)21(31)11-15)26(34-28)14-6-8-39-9-7-14/h2-5,10-14H,6-9H2,1H3,(H,33,35)(H,36,37). The molecule has 2 aromatic heterocycles. The number of nitrogens with one attached hydrogen (secondary N) is 1. The van der Waals surface area contributed by atoms with Crippen molar-refractivity contribution in [1.29, 1.82) is 0 Å². The zero-order valence-electron chi connectivity index (χ0n) is 21.1. The average molecular weight is 550 g/mol. The Morgan fingerprint density at radius 3 is 2.58 bits per heavy atom. The van der Waals surface area contributed by atoms with Gasteiger partial charge in [0, 0.05) is 35.5 Å². The number of methoxy groups -OCH3 is 1. The zero-order valence-corrected chi connectivity index (χ0v) is 21.1. The van der Waals surface area contributed by atoms with E-state index in [9.17, 15) is 18.7 Å². The Morgan fingerprint density at radius 2 is 1.85 bits per heavy atom. The lowest BCUT2D eigenvalue weighted by Gasteiger charge is -2.26. The molecule has 0 bridgehead atoms. The molecule has 3 aromatic carbocycles. The number of halogens is 3. The Bertz CT molecular complexity index is 1780. The fraction of sp³-hybridized carbons (Fsp3) is 0.207. The maximum atomic E-state index is 15.4. The van der Waals surface area contributed by atoms with Crippen LogP contribution in [0.1, 0.15) is 34.8 Å². The third-order valence-electron chi connectivity index (χ3n) is 7.08. The molecule has 1 aliphatic heterocycles. The number of aromatic amines is 1. The summed E-state index contributed by atoms with van der Waals surface area (Å²) in [6.07, 6.45) is 2.88. The minimum absolute atomic E-state index is 0.0448. The van der Waals surface area contributed by atoms with Crippen molar-refractivity contribution < 1.29 is 37.3 Å². The minimum atomic E-state index is -1.36. The number of pyridine rings is 1. The first-order valence-corrected chi connectivity index (χ1v) is 12.5. The lowest BCUT2D eigenvalue weighted by molar-refractivity contribution is 0.0692. The molecule has 11 heteroatoms. The van der Waals surface area contributed by atoms with Gasteiger partial charge >= 0.3 is 5.97 Å². The van der Waals surface area contributed by atoms with Crippen LogP contribution in [0, 0.1) is 17.5 Å². The third-order valence-corrected chi connectivity index (χ3v) is 7.08. The van der Waals surface area contributed by atoms with Crippen molar-refractivity contribution in [3.05, 3.63) is 77.4 Å². The number of fused-ring (bicyclic) bond motifs is 2. The summed E-state index contributed by atoms with van der Waals surface area (Å²) in [5, 5.41) is 18.2. The highest BCUT2D eigenvalue weighted by Gasteiger charge is 2.27. The third kappa shape index (κ3) is 4.37. The molecule has 0 spiro atoms. The number of carbonyl (C=O) groups is 1. The van der Waals surface area contributed by atoms with E-state index < -0.39 is 29.2 Å². The molecule has 0 aliphatic carbocycles. The fourth-order valence-corrected chi connectivity index (χ4v) is 5.13. The van der Waals surface area contributed by atoms with Crippen LogP contribution in [0.5, 0.6) is 17.4 Å². The number of ether oxygens (including phenoxy) is 3. The SMILES string of the molecule is COc1c(C(=O)O)ccc(Oc2nc(C3CCOCC3)c(-c3ccc(F)c(F)c3)c3cc4cn[nH]c4cc23)c1F. The summed E-state index contributed by atoms with van der Waals surface area (Å²) in [5.74, 6) is -5.17. The predicted octanol–water partition coefficient (Wildman–Crippen LogP) is 6.59. The summed E-state index contributed by atoms with van der Waals surface area (Å²) in [7, 11) is 1.16. The van der Waals surface area contributed by atoms with Gasteiger partial charge in [0.2, 0.25) is 11.7 Å². The maximum Gasteiger partial charge on any atom is 0.339 e. The maximum absolute atomic E-state index is 15.4. The predicted molar refractivity (Wildman–Crippen MR) is 140 cm³/mol. The molecule has 0 radical (unpaired) electrons. The summed E-state index contributed by atoms with van der Waals surface area (Å²) < 4.78 is 60.4. The van der Waals surface area contributed by atoms with E-state index in [1.165, 1.54) is 18.2 Å². The Hall–Kier alpha value is -4.64. The van der Waals surface area contributed by atoms with E-state index in [2.05, 4.69) is 10.2 Å². The van der Waals surface area contributed by atoms with Gasteiger partial charge in [-0.25, -0.2) is 18.6 Å². The van der Waals surface area contributed by atoms with E-state index in [1.807, 2.05) is 6.07 Å². The molecule has 1 fully saturated rings. The highest BCUT2D eigenvalue weighted by atomic mass is 19.2. The normalized spacial score (nSPS) is 14.1. The van der Waals surface area contributed by atoms with Crippen LogP contribution >= 0.6 is 0 Å². The zero-order chi connectivity index (χ0) is 28.0. The molecule has 6 rings (SSSR count). The van der Waals surface area contributed by atoms with Crippen molar-refractivity contribution in [3.8, 4) is 28.5 Å². The van der Waals surface area contributed by atoms with Gasteiger partial charge < -0.3 is 19.3 Å². The lowest BCUT2D eigenvalue weighted by Crippen LogP contribution is -2.16. The molecule has 5 aromatic rings. The molecule has 40 heavy (non-hydrogen) atoms. The van der Waals surface area contributed by atoms with Crippen molar-refractivity contribution in [2.75, 3.05) is 20.3 Å². The summed E-state index contributed by atoms with van der Waals surface area (Å²) in [6, 6.07) is 9.64. The molecule has 2 N–H and O–H groups in total. The molecular formula is C29H22F3N3O5. The monoisotopic (exact) mass is 549 g/mol. The van der Waals surface area contributed by atoms with Crippen LogP contribution in [-0.4, -0.2) is 46.6 Å². The Balaban J connectivity index is 1.63. The number of rotatable bonds is 6. The van der Waals surface area contributed by atoms with E-state index in [0.29, 0.717) is 59.2 Å². The van der Waals surface area contributed by atoms with E-state index in [1.54, 1.807) is 12.3 Å². The first kappa shape index (κ1) is 25.6. The lowest BCUT2D eigenvalue weighted by atomic mass is 9.87. The molecule has 8 nitrogen and oxygen atoms in total. The van der Waals surface area contributed by atoms with Crippen LogP contribution in [-0.2, 0) is 4.74 Å². The summed E-state index contributed by atoms with van der Waals surface area (Å²) in [4.78, 5) is 16.4. The van der Waals surface area contributed by atoms with Crippen LogP contribution < -0.4 is 9.47 Å². The summed E-state index contributed by atoms with van der Waals surface area (Å²) >= 11 is 0. The number of hydrogen-bond donors (Lipinski definition) is 2. The molecule has 0 atom stereocenters. The summed E-state index contributed by atoms with van der Waals surface area (Å²) in [5.41, 5.74) is 1.87. The van der Waals surface area contributed by atoms with Gasteiger partial charge in [0.25, 0.3) is 0 Å². The van der Waals surface area contributed by atoms with Crippen LogP contribution in [0.15, 0.2) is 48.7 Å². The van der Waals surface area contributed by atoms with Crippen molar-refractivity contribution >= 4 is 27.6 Å². The minimum Gasteiger partial charge on any atom is -0.493 e. The molecule has 1 saturated heterocycles. The Labute approximate surface area is 225 Å². The quantitative estimate of drug-likeness (QED) is 0.246. The van der Waals surface area contributed by atoms with Crippen molar-refractivity contribution in [3.63, 3.8) is 0 Å². The molecule has 0 saturated carbocycles.